The van der Waals surface area contributed by atoms with Gasteiger partial charge in [0.15, 0.2) is 0 Å². The van der Waals surface area contributed by atoms with E-state index in [9.17, 15) is 0 Å². The zero-order valence-electron chi connectivity index (χ0n) is 7.59. The second-order valence-electron chi connectivity index (χ2n) is 2.87. The fourth-order valence-electron chi connectivity index (χ4n) is 1.24. The van der Waals surface area contributed by atoms with Gasteiger partial charge in [-0.3, -0.25) is 0 Å². The van der Waals surface area contributed by atoms with Crippen molar-refractivity contribution >= 4 is 0 Å². The summed E-state index contributed by atoms with van der Waals surface area (Å²) in [5.74, 6) is 0. The summed E-state index contributed by atoms with van der Waals surface area (Å²) in [4.78, 5) is 2.04. The number of hydrogen-bond acceptors (Lipinski definition) is 1. The molecular weight excluding hydrogens is 146 g/mol. The summed E-state index contributed by atoms with van der Waals surface area (Å²) in [6.07, 6.45) is 10.1. The van der Waals surface area contributed by atoms with Gasteiger partial charge in [0.1, 0.15) is 0 Å². The van der Waals surface area contributed by atoms with E-state index in [1.54, 1.807) is 0 Å². The van der Waals surface area contributed by atoms with Crippen LogP contribution in [0.3, 0.4) is 0 Å². The van der Waals surface area contributed by atoms with E-state index in [0.29, 0.717) is 0 Å². The van der Waals surface area contributed by atoms with Crippen molar-refractivity contribution in [1.29, 1.82) is 0 Å². The van der Waals surface area contributed by atoms with E-state index < -0.39 is 0 Å². The van der Waals surface area contributed by atoms with Gasteiger partial charge in [0, 0.05) is 18.1 Å². The Kier molecular flexibility index (Phi) is 2.92. The Hall–Kier alpha value is -1.24. The molecule has 0 aromatic rings. The summed E-state index contributed by atoms with van der Waals surface area (Å²) < 4.78 is 0. The third kappa shape index (κ3) is 1.88. The molecule has 1 heteroatoms. The standard InChI is InChI=1S/C11H15N/c1-4-6-11-9-10(3)7-8-12(11)5-2/h5,7-9H,2-4,6H2,1H3. The van der Waals surface area contributed by atoms with Crippen molar-refractivity contribution in [3.05, 3.63) is 49.0 Å². The van der Waals surface area contributed by atoms with Crippen LogP contribution in [0.5, 0.6) is 0 Å². The number of rotatable bonds is 3. The fraction of sp³-hybridized carbons (Fsp3) is 0.273. The highest BCUT2D eigenvalue weighted by Crippen LogP contribution is 2.19. The van der Waals surface area contributed by atoms with E-state index in [-0.39, 0.29) is 0 Å². The van der Waals surface area contributed by atoms with Gasteiger partial charge >= 0.3 is 0 Å². The van der Waals surface area contributed by atoms with Crippen LogP contribution in [-0.2, 0) is 0 Å². The Labute approximate surface area is 74.4 Å². The molecule has 0 unspecified atom stereocenters. The Morgan fingerprint density at radius 2 is 2.33 bits per heavy atom. The van der Waals surface area contributed by atoms with Crippen LogP contribution in [0, 0.1) is 0 Å². The van der Waals surface area contributed by atoms with Crippen molar-refractivity contribution in [1.82, 2.24) is 4.90 Å². The zero-order chi connectivity index (χ0) is 8.97. The predicted molar refractivity (Wildman–Crippen MR) is 53.3 cm³/mol. The van der Waals surface area contributed by atoms with Crippen LogP contribution in [-0.4, -0.2) is 4.90 Å². The first-order valence-electron chi connectivity index (χ1n) is 4.26. The molecule has 0 N–H and O–H groups in total. The SMILES string of the molecule is C=CN1C=CC(=C)C=C1CCC. The van der Waals surface area contributed by atoms with Gasteiger partial charge in [0.25, 0.3) is 0 Å². The summed E-state index contributed by atoms with van der Waals surface area (Å²) in [5.41, 5.74) is 2.34. The molecule has 1 aliphatic heterocycles. The highest BCUT2D eigenvalue weighted by atomic mass is 15.1. The molecule has 0 saturated heterocycles. The largest absolute Gasteiger partial charge is 0.328 e. The van der Waals surface area contributed by atoms with Crippen molar-refractivity contribution in [2.75, 3.05) is 0 Å². The van der Waals surface area contributed by atoms with Crippen LogP contribution in [0.25, 0.3) is 0 Å². The smallest absolute Gasteiger partial charge is 0.0225 e. The van der Waals surface area contributed by atoms with Crippen LogP contribution < -0.4 is 0 Å². The maximum absolute atomic E-state index is 3.89. The van der Waals surface area contributed by atoms with Crippen molar-refractivity contribution in [2.24, 2.45) is 0 Å². The highest BCUT2D eigenvalue weighted by molar-refractivity contribution is 5.35. The Morgan fingerprint density at radius 1 is 1.58 bits per heavy atom. The molecule has 0 fully saturated rings. The molecule has 1 heterocycles. The summed E-state index contributed by atoms with van der Waals surface area (Å²) in [5, 5.41) is 0. The Balaban J connectivity index is 2.77. The minimum atomic E-state index is 1.07. The van der Waals surface area contributed by atoms with Gasteiger partial charge in [-0.25, -0.2) is 0 Å². The molecule has 0 bridgehead atoms. The van der Waals surface area contributed by atoms with Crippen LogP contribution in [0.2, 0.25) is 0 Å². The molecule has 0 aliphatic carbocycles. The van der Waals surface area contributed by atoms with E-state index in [1.165, 1.54) is 5.70 Å². The van der Waals surface area contributed by atoms with Gasteiger partial charge in [-0.15, -0.1) is 0 Å². The molecule has 1 nitrogen and oxygen atoms in total. The van der Waals surface area contributed by atoms with E-state index >= 15 is 0 Å². The maximum atomic E-state index is 3.89. The van der Waals surface area contributed by atoms with Crippen LogP contribution in [0.15, 0.2) is 49.0 Å². The topological polar surface area (TPSA) is 3.24 Å². The first kappa shape index (κ1) is 8.85. The van der Waals surface area contributed by atoms with Gasteiger partial charge in [0.2, 0.25) is 0 Å². The summed E-state index contributed by atoms with van der Waals surface area (Å²) >= 11 is 0. The molecule has 1 rings (SSSR count). The van der Waals surface area contributed by atoms with Gasteiger partial charge in [-0.2, -0.15) is 0 Å². The molecule has 0 aromatic carbocycles. The van der Waals surface area contributed by atoms with Gasteiger partial charge in [0.05, 0.1) is 0 Å². The summed E-state index contributed by atoms with van der Waals surface area (Å²) in [6, 6.07) is 0. The lowest BCUT2D eigenvalue weighted by Gasteiger charge is -2.22. The number of hydrogen-bond donors (Lipinski definition) is 0. The lowest BCUT2D eigenvalue weighted by Crippen LogP contribution is -2.11. The molecule has 12 heavy (non-hydrogen) atoms. The van der Waals surface area contributed by atoms with E-state index in [4.69, 9.17) is 0 Å². The molecule has 0 saturated carbocycles. The number of nitrogens with zero attached hydrogens (tertiary/aromatic N) is 1. The third-order valence-corrected chi connectivity index (χ3v) is 1.84. The molecule has 64 valence electrons. The summed E-state index contributed by atoms with van der Waals surface area (Å²) in [6.45, 7) is 9.81. The molecular formula is C11H15N. The maximum Gasteiger partial charge on any atom is 0.0225 e. The highest BCUT2D eigenvalue weighted by Gasteiger charge is 2.05. The lowest BCUT2D eigenvalue weighted by molar-refractivity contribution is 0.579. The quantitative estimate of drug-likeness (QED) is 0.614. The minimum Gasteiger partial charge on any atom is -0.328 e. The molecule has 0 amide bonds. The lowest BCUT2D eigenvalue weighted by atomic mass is 10.1. The van der Waals surface area contributed by atoms with E-state index in [2.05, 4.69) is 26.2 Å². The summed E-state index contributed by atoms with van der Waals surface area (Å²) in [7, 11) is 0. The van der Waals surface area contributed by atoms with Gasteiger partial charge < -0.3 is 4.90 Å². The van der Waals surface area contributed by atoms with Gasteiger partial charge in [-0.05, 0) is 24.1 Å². The molecule has 0 atom stereocenters. The normalized spacial score (nSPS) is 16.2. The average Bonchev–Trinajstić information content (AvgIpc) is 2.05. The zero-order valence-corrected chi connectivity index (χ0v) is 7.59. The van der Waals surface area contributed by atoms with Crippen molar-refractivity contribution in [3.63, 3.8) is 0 Å². The first-order valence-corrected chi connectivity index (χ1v) is 4.26. The third-order valence-electron chi connectivity index (χ3n) is 1.84. The Morgan fingerprint density at radius 3 is 2.92 bits per heavy atom. The molecule has 0 radical (unpaired) electrons. The van der Waals surface area contributed by atoms with Crippen LogP contribution in [0.4, 0.5) is 0 Å². The van der Waals surface area contributed by atoms with E-state index in [1.807, 2.05) is 23.4 Å². The minimum absolute atomic E-state index is 1.07. The van der Waals surface area contributed by atoms with Crippen molar-refractivity contribution < 1.29 is 0 Å². The van der Waals surface area contributed by atoms with Crippen molar-refractivity contribution in [2.45, 2.75) is 19.8 Å². The van der Waals surface area contributed by atoms with E-state index in [0.717, 1.165) is 18.4 Å². The molecule has 0 spiro atoms. The molecule has 1 aliphatic rings. The monoisotopic (exact) mass is 161 g/mol. The predicted octanol–water partition coefficient (Wildman–Crippen LogP) is 3.20. The molecule has 0 aromatic heterocycles. The second-order valence-corrected chi connectivity index (χ2v) is 2.87. The average molecular weight is 161 g/mol. The fourth-order valence-corrected chi connectivity index (χ4v) is 1.24. The van der Waals surface area contributed by atoms with Crippen molar-refractivity contribution in [3.8, 4) is 0 Å². The second kappa shape index (κ2) is 3.96. The van der Waals surface area contributed by atoms with Crippen LogP contribution in [0.1, 0.15) is 19.8 Å². The number of allylic oxidation sites excluding steroid dienone is 4. The van der Waals surface area contributed by atoms with Gasteiger partial charge in [-0.1, -0.05) is 26.5 Å². The Bertz CT molecular complexity index is 246. The van der Waals surface area contributed by atoms with Crippen LogP contribution >= 0.6 is 0 Å². The first-order chi connectivity index (χ1) is 5.77.